The topological polar surface area (TPSA) is 99.5 Å². The Kier molecular flexibility index (Phi) is 4.05. The summed E-state index contributed by atoms with van der Waals surface area (Å²) in [5.41, 5.74) is 1.35. The zero-order valence-electron chi connectivity index (χ0n) is 13.9. The molecule has 4 aromatic rings. The quantitative estimate of drug-likeness (QED) is 0.482. The van der Waals surface area contributed by atoms with Crippen molar-refractivity contribution in [2.45, 2.75) is 0 Å². The second-order valence-electron chi connectivity index (χ2n) is 5.84. The Balaban J connectivity index is 2.08. The predicted molar refractivity (Wildman–Crippen MR) is 105 cm³/mol. The Morgan fingerprint density at radius 2 is 2.00 bits per heavy atom. The minimum atomic E-state index is -1.22. The van der Waals surface area contributed by atoms with Crippen molar-refractivity contribution in [3.8, 4) is 11.1 Å². The molecule has 0 spiro atoms. The highest BCUT2D eigenvalue weighted by Gasteiger charge is 2.22. The molecule has 0 unspecified atom stereocenters. The molecular weight excluding hydrogens is 391 g/mol. The number of benzene rings is 1. The normalized spacial score (nSPS) is 11.2. The van der Waals surface area contributed by atoms with E-state index >= 15 is 0 Å². The van der Waals surface area contributed by atoms with E-state index in [1.54, 1.807) is 31.3 Å². The highest BCUT2D eigenvalue weighted by Crippen LogP contribution is 2.35. The average Bonchev–Trinajstić information content (AvgIpc) is 3.02. The van der Waals surface area contributed by atoms with Crippen LogP contribution < -0.4 is 10.9 Å². The Labute approximate surface area is 162 Å². The number of pyridine rings is 2. The van der Waals surface area contributed by atoms with E-state index in [9.17, 15) is 14.7 Å². The van der Waals surface area contributed by atoms with Crippen molar-refractivity contribution in [3.05, 3.63) is 62.6 Å². The number of fused-ring (bicyclic) bond motifs is 2. The fourth-order valence-electron chi connectivity index (χ4n) is 3.07. The first-order valence-corrected chi connectivity index (χ1v) is 8.61. The van der Waals surface area contributed by atoms with Gasteiger partial charge in [-0.1, -0.05) is 29.3 Å². The van der Waals surface area contributed by atoms with Gasteiger partial charge in [0.15, 0.2) is 5.69 Å². The smallest absolute Gasteiger partial charge is 0.358 e. The summed E-state index contributed by atoms with van der Waals surface area (Å²) in [6, 6.07) is 8.76. The number of aromatic amines is 1. The van der Waals surface area contributed by atoms with Crippen LogP contribution in [0.5, 0.6) is 0 Å². The van der Waals surface area contributed by atoms with Crippen molar-refractivity contribution in [2.75, 3.05) is 12.4 Å². The van der Waals surface area contributed by atoms with Crippen molar-refractivity contribution in [1.82, 2.24) is 14.6 Å². The third kappa shape index (κ3) is 2.63. The summed E-state index contributed by atoms with van der Waals surface area (Å²) in [7, 11) is 1.70. The molecule has 0 saturated carbocycles. The molecule has 0 bridgehead atoms. The summed E-state index contributed by atoms with van der Waals surface area (Å²) < 4.78 is 1.45. The van der Waals surface area contributed by atoms with Gasteiger partial charge in [-0.3, -0.25) is 4.79 Å². The number of hydrogen-bond acceptors (Lipinski definition) is 4. The minimum absolute atomic E-state index is 0.0340. The van der Waals surface area contributed by atoms with E-state index in [4.69, 9.17) is 23.2 Å². The summed E-state index contributed by atoms with van der Waals surface area (Å²) in [6.45, 7) is 0. The van der Waals surface area contributed by atoms with Crippen LogP contribution in [-0.2, 0) is 0 Å². The number of hydrogen-bond donors (Lipinski definition) is 3. The molecule has 0 aliphatic carbocycles. The standard InChI is InChI=1S/C18H12Cl2N4O3/c1-21-13-5-4-9(16-14(20)15(18(26)27)23-24(13)16)8-2-3-10-11(6-8)12(19)7-22-17(10)25/h2-7,21H,1H3,(H,22,25)(H,26,27). The molecule has 0 fully saturated rings. The van der Waals surface area contributed by atoms with E-state index in [0.717, 1.165) is 5.56 Å². The Morgan fingerprint density at radius 1 is 1.22 bits per heavy atom. The van der Waals surface area contributed by atoms with Gasteiger partial charge in [-0.05, 0) is 29.8 Å². The second kappa shape index (κ2) is 6.29. The lowest BCUT2D eigenvalue weighted by Crippen LogP contribution is -2.05. The van der Waals surface area contributed by atoms with E-state index < -0.39 is 5.97 Å². The number of rotatable bonds is 3. The van der Waals surface area contributed by atoms with E-state index in [2.05, 4.69) is 15.4 Å². The third-order valence-corrected chi connectivity index (χ3v) is 5.01. The van der Waals surface area contributed by atoms with Crippen LogP contribution >= 0.6 is 23.2 Å². The zero-order chi connectivity index (χ0) is 19.3. The fourth-order valence-corrected chi connectivity index (χ4v) is 3.58. The highest BCUT2D eigenvalue weighted by molar-refractivity contribution is 6.37. The van der Waals surface area contributed by atoms with Crippen molar-refractivity contribution in [2.24, 2.45) is 0 Å². The van der Waals surface area contributed by atoms with Gasteiger partial charge in [-0.15, -0.1) is 0 Å². The number of halogens is 2. The molecule has 7 nitrogen and oxygen atoms in total. The number of carboxylic acids is 1. The summed E-state index contributed by atoms with van der Waals surface area (Å²) >= 11 is 12.6. The number of H-pyrrole nitrogens is 1. The van der Waals surface area contributed by atoms with Crippen molar-refractivity contribution in [1.29, 1.82) is 0 Å². The second-order valence-corrected chi connectivity index (χ2v) is 6.62. The molecular formula is C18H12Cl2N4O3. The Bertz CT molecular complexity index is 1290. The molecule has 136 valence electrons. The lowest BCUT2D eigenvalue weighted by Gasteiger charge is -2.10. The first-order chi connectivity index (χ1) is 12.9. The molecule has 27 heavy (non-hydrogen) atoms. The molecule has 3 aromatic heterocycles. The van der Waals surface area contributed by atoms with Crippen LogP contribution in [0.1, 0.15) is 10.5 Å². The number of carbonyl (C=O) groups is 1. The van der Waals surface area contributed by atoms with Crippen molar-refractivity contribution >= 4 is 51.3 Å². The SMILES string of the molecule is CNc1ccc(-c2ccc3c(=O)[nH]cc(Cl)c3c2)c2c(Cl)c(C(=O)O)nn12. The van der Waals surface area contributed by atoms with Gasteiger partial charge in [0.2, 0.25) is 0 Å². The maximum atomic E-state index is 12.0. The minimum Gasteiger partial charge on any atom is -0.476 e. The monoisotopic (exact) mass is 402 g/mol. The number of carboxylic acid groups (broad SMARTS) is 1. The Hall–Kier alpha value is -3.03. The molecule has 0 atom stereocenters. The van der Waals surface area contributed by atoms with Crippen LogP contribution in [0, 0.1) is 0 Å². The van der Waals surface area contributed by atoms with Crippen LogP contribution in [-0.4, -0.2) is 32.7 Å². The predicted octanol–water partition coefficient (Wildman–Crippen LogP) is 3.89. The van der Waals surface area contributed by atoms with Crippen molar-refractivity contribution in [3.63, 3.8) is 0 Å². The lowest BCUT2D eigenvalue weighted by atomic mass is 10.0. The molecule has 9 heteroatoms. The molecule has 0 radical (unpaired) electrons. The number of aromatic nitrogens is 3. The molecule has 0 aliphatic rings. The lowest BCUT2D eigenvalue weighted by molar-refractivity contribution is 0.0690. The number of nitrogens with one attached hydrogen (secondary N) is 2. The van der Waals surface area contributed by atoms with E-state index in [1.807, 2.05) is 6.07 Å². The van der Waals surface area contributed by atoms with E-state index in [0.29, 0.717) is 32.7 Å². The first-order valence-electron chi connectivity index (χ1n) is 7.86. The van der Waals surface area contributed by atoms with Crippen LogP contribution in [0.2, 0.25) is 10.0 Å². The summed E-state index contributed by atoms with van der Waals surface area (Å²) in [5.74, 6) is -0.636. The van der Waals surface area contributed by atoms with Gasteiger partial charge in [0.05, 0.1) is 10.5 Å². The summed E-state index contributed by atoms with van der Waals surface area (Å²) in [4.78, 5) is 26.0. The van der Waals surface area contributed by atoms with Gasteiger partial charge in [0.1, 0.15) is 10.8 Å². The van der Waals surface area contributed by atoms with Crippen LogP contribution in [0.4, 0.5) is 5.82 Å². The molecule has 0 aliphatic heterocycles. The molecule has 3 N–H and O–H groups in total. The Morgan fingerprint density at radius 3 is 2.70 bits per heavy atom. The summed E-state index contributed by atoms with van der Waals surface area (Å²) in [5, 5.41) is 17.9. The first kappa shape index (κ1) is 17.4. The molecule has 0 amide bonds. The molecule has 1 aromatic carbocycles. The highest BCUT2D eigenvalue weighted by atomic mass is 35.5. The van der Waals surface area contributed by atoms with Gasteiger partial charge < -0.3 is 15.4 Å². The number of nitrogens with zero attached hydrogens (tertiary/aromatic N) is 2. The van der Waals surface area contributed by atoms with Crippen molar-refractivity contribution < 1.29 is 9.90 Å². The van der Waals surface area contributed by atoms with Gasteiger partial charge in [0.25, 0.3) is 5.56 Å². The van der Waals surface area contributed by atoms with Gasteiger partial charge >= 0.3 is 5.97 Å². The molecule has 3 heterocycles. The fraction of sp³-hybridized carbons (Fsp3) is 0.0556. The van der Waals surface area contributed by atoms with Crippen LogP contribution in [0.25, 0.3) is 27.4 Å². The summed E-state index contributed by atoms with van der Waals surface area (Å²) in [6.07, 6.45) is 1.43. The maximum Gasteiger partial charge on any atom is 0.358 e. The van der Waals surface area contributed by atoms with Crippen LogP contribution in [0.3, 0.4) is 0 Å². The zero-order valence-corrected chi connectivity index (χ0v) is 15.4. The third-order valence-electron chi connectivity index (χ3n) is 4.34. The van der Waals surface area contributed by atoms with Gasteiger partial charge in [0, 0.05) is 29.6 Å². The average molecular weight is 403 g/mol. The van der Waals surface area contributed by atoms with Crippen LogP contribution in [0.15, 0.2) is 41.3 Å². The van der Waals surface area contributed by atoms with E-state index in [-0.39, 0.29) is 16.3 Å². The van der Waals surface area contributed by atoms with Gasteiger partial charge in [-0.25, -0.2) is 9.31 Å². The largest absolute Gasteiger partial charge is 0.476 e. The number of anilines is 1. The van der Waals surface area contributed by atoms with Gasteiger partial charge in [-0.2, -0.15) is 5.10 Å². The number of aromatic carboxylic acids is 1. The van der Waals surface area contributed by atoms with E-state index in [1.165, 1.54) is 10.7 Å². The molecule has 4 rings (SSSR count). The maximum absolute atomic E-state index is 12.0. The molecule has 0 saturated heterocycles.